The predicted octanol–water partition coefficient (Wildman–Crippen LogP) is 2.85. The summed E-state index contributed by atoms with van der Waals surface area (Å²) in [4.78, 5) is 0. The third-order valence-corrected chi connectivity index (χ3v) is 11.8. The van der Waals surface area contributed by atoms with Crippen molar-refractivity contribution < 1.29 is 0 Å². The molecule has 3 heteroatoms. The Balaban J connectivity index is 4.54. The lowest BCUT2D eigenvalue weighted by Crippen LogP contribution is -2.53. The van der Waals surface area contributed by atoms with Crippen molar-refractivity contribution in [2.45, 2.75) is 31.7 Å². The zero-order valence-corrected chi connectivity index (χ0v) is 11.7. The van der Waals surface area contributed by atoms with Crippen molar-refractivity contribution in [2.75, 3.05) is 7.05 Å². The Labute approximate surface area is 85.9 Å². The molecule has 0 fully saturated rings. The molecular formula is C10H23NSi2. The van der Waals surface area contributed by atoms with Crippen LogP contribution in [0, 0.1) is 0 Å². The van der Waals surface area contributed by atoms with E-state index in [-0.39, 0.29) is 0 Å². The fourth-order valence-corrected chi connectivity index (χ4v) is 9.22. The van der Waals surface area contributed by atoms with Crippen molar-refractivity contribution in [1.29, 1.82) is 0 Å². The molecule has 0 aliphatic rings. The third kappa shape index (κ3) is 3.62. The second-order valence-electron chi connectivity index (χ2n) is 4.19. The van der Waals surface area contributed by atoms with Crippen LogP contribution in [0.25, 0.3) is 0 Å². The van der Waals surface area contributed by atoms with Crippen LogP contribution in [-0.4, -0.2) is 28.5 Å². The quantitative estimate of drug-likeness (QED) is 0.484. The average molecular weight is 213 g/mol. The summed E-state index contributed by atoms with van der Waals surface area (Å²) in [6, 6.07) is 2.36. The highest BCUT2D eigenvalue weighted by atomic mass is 28.4. The first-order chi connectivity index (χ1) is 5.98. The molecule has 0 radical (unpaired) electrons. The molecule has 1 nitrogen and oxygen atoms in total. The van der Waals surface area contributed by atoms with Gasteiger partial charge in [-0.1, -0.05) is 31.8 Å². The molecule has 0 saturated carbocycles. The maximum Gasteiger partial charge on any atom is 0.125 e. The van der Waals surface area contributed by atoms with Gasteiger partial charge in [-0.25, -0.2) is 0 Å². The SMILES string of the molecule is C=CC[Si](C)(CC=C)N(C)[SiH](C)C. The fraction of sp³-hybridized carbons (Fsp3) is 0.600. The molecule has 0 heterocycles. The van der Waals surface area contributed by atoms with Gasteiger partial charge in [-0.05, 0) is 19.1 Å². The van der Waals surface area contributed by atoms with Gasteiger partial charge in [0.25, 0.3) is 0 Å². The smallest absolute Gasteiger partial charge is 0.125 e. The molecular weight excluding hydrogens is 190 g/mol. The summed E-state index contributed by atoms with van der Waals surface area (Å²) < 4.78 is 2.66. The third-order valence-electron chi connectivity index (χ3n) is 2.79. The maximum atomic E-state index is 3.86. The zero-order chi connectivity index (χ0) is 10.5. The molecule has 0 unspecified atom stereocenters. The van der Waals surface area contributed by atoms with E-state index >= 15 is 0 Å². The van der Waals surface area contributed by atoms with Crippen LogP contribution in [0.5, 0.6) is 0 Å². The molecule has 0 atom stereocenters. The van der Waals surface area contributed by atoms with Crippen molar-refractivity contribution in [3.05, 3.63) is 25.3 Å². The van der Waals surface area contributed by atoms with E-state index in [0.717, 1.165) is 0 Å². The molecule has 0 bridgehead atoms. The molecule has 0 saturated heterocycles. The van der Waals surface area contributed by atoms with Gasteiger partial charge < -0.3 is 4.23 Å². The van der Waals surface area contributed by atoms with Crippen molar-refractivity contribution in [3.63, 3.8) is 0 Å². The Morgan fingerprint density at radius 2 is 1.62 bits per heavy atom. The van der Waals surface area contributed by atoms with E-state index in [0.29, 0.717) is 0 Å². The molecule has 0 aromatic rings. The van der Waals surface area contributed by atoms with Crippen molar-refractivity contribution in [2.24, 2.45) is 0 Å². The molecule has 0 amide bonds. The summed E-state index contributed by atoms with van der Waals surface area (Å²) in [7, 11) is 0.378. The topological polar surface area (TPSA) is 3.24 Å². The number of rotatable bonds is 6. The predicted molar refractivity (Wildman–Crippen MR) is 68.3 cm³/mol. The van der Waals surface area contributed by atoms with Crippen LogP contribution in [0.15, 0.2) is 25.3 Å². The van der Waals surface area contributed by atoms with Gasteiger partial charge >= 0.3 is 0 Å². The van der Waals surface area contributed by atoms with E-state index in [1.807, 2.05) is 0 Å². The van der Waals surface area contributed by atoms with Crippen LogP contribution in [0.4, 0.5) is 0 Å². The van der Waals surface area contributed by atoms with Crippen LogP contribution in [0.3, 0.4) is 0 Å². The minimum Gasteiger partial charge on any atom is -0.350 e. The second kappa shape index (κ2) is 5.57. The van der Waals surface area contributed by atoms with Gasteiger partial charge in [-0.15, -0.1) is 13.2 Å². The van der Waals surface area contributed by atoms with Crippen molar-refractivity contribution in [1.82, 2.24) is 4.23 Å². The summed E-state index contributed by atoms with van der Waals surface area (Å²) in [6.45, 7) is 14.9. The van der Waals surface area contributed by atoms with Crippen LogP contribution in [0.1, 0.15) is 0 Å². The van der Waals surface area contributed by atoms with Gasteiger partial charge in [-0.2, -0.15) is 0 Å². The first-order valence-electron chi connectivity index (χ1n) is 4.92. The van der Waals surface area contributed by atoms with Crippen LogP contribution >= 0.6 is 0 Å². The van der Waals surface area contributed by atoms with E-state index in [2.05, 4.69) is 56.2 Å². The lowest BCUT2D eigenvalue weighted by molar-refractivity contribution is 0.768. The Morgan fingerprint density at radius 3 is 1.85 bits per heavy atom. The number of hydrogen-bond donors (Lipinski definition) is 0. The molecule has 0 aliphatic carbocycles. The Kier molecular flexibility index (Phi) is 5.52. The summed E-state index contributed by atoms with van der Waals surface area (Å²) in [5, 5.41) is 0. The van der Waals surface area contributed by atoms with E-state index in [1.54, 1.807) is 0 Å². The van der Waals surface area contributed by atoms with Crippen LogP contribution in [-0.2, 0) is 0 Å². The standard InChI is InChI=1S/C10H23NSi2/c1-7-9-13(6,10-8-2)11(3)12(4)5/h7-8,12H,1-2,9-10H2,3-6H3. The van der Waals surface area contributed by atoms with E-state index < -0.39 is 17.2 Å². The maximum absolute atomic E-state index is 3.86. The van der Waals surface area contributed by atoms with Crippen LogP contribution in [0.2, 0.25) is 31.7 Å². The van der Waals surface area contributed by atoms with Crippen molar-refractivity contribution in [3.8, 4) is 0 Å². The number of nitrogens with zero attached hydrogens (tertiary/aromatic N) is 1. The monoisotopic (exact) mass is 213 g/mol. The lowest BCUT2D eigenvalue weighted by Gasteiger charge is -2.38. The number of hydrogen-bond acceptors (Lipinski definition) is 1. The van der Waals surface area contributed by atoms with Crippen molar-refractivity contribution >= 4 is 17.2 Å². The molecule has 13 heavy (non-hydrogen) atoms. The molecule has 0 spiro atoms. The average Bonchev–Trinajstić information content (AvgIpc) is 2.03. The highest BCUT2D eigenvalue weighted by Gasteiger charge is 2.30. The molecule has 0 aromatic heterocycles. The minimum atomic E-state index is -1.26. The first-order valence-corrected chi connectivity index (χ1v) is 10.6. The van der Waals surface area contributed by atoms with Gasteiger partial charge in [0, 0.05) is 0 Å². The normalized spacial score (nSPS) is 12.2. The molecule has 0 aromatic carbocycles. The Morgan fingerprint density at radius 1 is 1.23 bits per heavy atom. The Hall–Kier alpha value is -0.126. The molecule has 76 valence electrons. The lowest BCUT2D eigenvalue weighted by atomic mass is 10.7. The van der Waals surface area contributed by atoms with Gasteiger partial charge in [0.15, 0.2) is 0 Å². The number of allylic oxidation sites excluding steroid dienone is 2. The first kappa shape index (κ1) is 12.9. The van der Waals surface area contributed by atoms with Gasteiger partial charge in [0.1, 0.15) is 8.24 Å². The zero-order valence-electron chi connectivity index (χ0n) is 9.51. The summed E-state index contributed by atoms with van der Waals surface area (Å²) in [6.07, 6.45) is 4.14. The largest absolute Gasteiger partial charge is 0.350 e. The minimum absolute atomic E-state index is 0.653. The fourth-order valence-electron chi connectivity index (χ4n) is 1.62. The highest BCUT2D eigenvalue weighted by molar-refractivity contribution is 6.84. The molecule has 0 aliphatic heterocycles. The van der Waals surface area contributed by atoms with E-state index in [4.69, 9.17) is 0 Å². The molecule has 0 rings (SSSR count). The van der Waals surface area contributed by atoms with Gasteiger partial charge in [0.05, 0.1) is 8.96 Å². The molecule has 0 N–H and O–H groups in total. The summed E-state index contributed by atoms with van der Waals surface area (Å²) >= 11 is 0. The van der Waals surface area contributed by atoms with Crippen LogP contribution < -0.4 is 0 Å². The second-order valence-corrected chi connectivity index (χ2v) is 12.2. The Bertz CT molecular complexity index is 168. The van der Waals surface area contributed by atoms with E-state index in [1.165, 1.54) is 12.1 Å². The van der Waals surface area contributed by atoms with Gasteiger partial charge in [0.2, 0.25) is 0 Å². The van der Waals surface area contributed by atoms with Gasteiger partial charge in [-0.3, -0.25) is 0 Å². The summed E-state index contributed by atoms with van der Waals surface area (Å²) in [5.41, 5.74) is 0. The van der Waals surface area contributed by atoms with E-state index in [9.17, 15) is 0 Å². The summed E-state index contributed by atoms with van der Waals surface area (Å²) in [5.74, 6) is 0. The highest BCUT2D eigenvalue weighted by Crippen LogP contribution is 2.21.